The van der Waals surface area contributed by atoms with Crippen molar-refractivity contribution in [2.45, 2.75) is 45.2 Å². The maximum atomic E-state index is 12.8. The first kappa shape index (κ1) is 18.2. The van der Waals surface area contributed by atoms with Gasteiger partial charge in [-0.1, -0.05) is 0 Å². The molecule has 0 aromatic carbocycles. The van der Waals surface area contributed by atoms with E-state index in [1.54, 1.807) is 9.80 Å². The molecule has 0 aromatic rings. The van der Waals surface area contributed by atoms with Gasteiger partial charge >= 0.3 is 0 Å². The number of likely N-dealkylation sites (tertiary alicyclic amines) is 1. The number of likely N-dealkylation sites (N-methyl/N-ethyl adjacent to an activating group) is 1. The molecule has 2 fully saturated rings. The van der Waals surface area contributed by atoms with Crippen LogP contribution in [0.25, 0.3) is 0 Å². The molecule has 2 N–H and O–H groups in total. The van der Waals surface area contributed by atoms with Crippen molar-refractivity contribution in [3.8, 4) is 0 Å². The maximum absolute atomic E-state index is 12.8. The Morgan fingerprint density at radius 2 is 1.74 bits per heavy atom. The number of sulfone groups is 1. The lowest BCUT2D eigenvalue weighted by atomic mass is 10.0. The lowest BCUT2D eigenvalue weighted by Crippen LogP contribution is -2.50. The van der Waals surface area contributed by atoms with Crippen LogP contribution in [0.3, 0.4) is 0 Å². The molecule has 0 aromatic heterocycles. The van der Waals surface area contributed by atoms with Gasteiger partial charge in [-0.3, -0.25) is 9.59 Å². The first-order valence-electron chi connectivity index (χ1n) is 8.34. The lowest BCUT2D eigenvalue weighted by molar-refractivity contribution is -0.146. The molecule has 2 aliphatic heterocycles. The van der Waals surface area contributed by atoms with E-state index in [-0.39, 0.29) is 35.3 Å². The van der Waals surface area contributed by atoms with E-state index in [0.29, 0.717) is 38.9 Å². The lowest BCUT2D eigenvalue weighted by Gasteiger charge is -2.32. The number of carbonyl (C=O) groups is 2. The fourth-order valence-electron chi connectivity index (χ4n) is 3.46. The van der Waals surface area contributed by atoms with Crippen molar-refractivity contribution in [2.24, 2.45) is 11.7 Å². The van der Waals surface area contributed by atoms with Crippen molar-refractivity contribution in [1.29, 1.82) is 0 Å². The normalized spacial score (nSPS) is 27.9. The molecule has 8 heteroatoms. The third-order valence-corrected chi connectivity index (χ3v) is 6.60. The van der Waals surface area contributed by atoms with Crippen molar-refractivity contribution >= 4 is 21.7 Å². The van der Waals surface area contributed by atoms with Gasteiger partial charge < -0.3 is 15.5 Å². The van der Waals surface area contributed by atoms with Gasteiger partial charge in [0.2, 0.25) is 11.8 Å². The average molecular weight is 345 g/mol. The van der Waals surface area contributed by atoms with Crippen LogP contribution in [0.4, 0.5) is 0 Å². The summed E-state index contributed by atoms with van der Waals surface area (Å²) < 4.78 is 23.1. The molecular formula is C15H27N3O4S. The summed E-state index contributed by atoms with van der Waals surface area (Å²) in [6.07, 6.45) is 1.17. The van der Waals surface area contributed by atoms with Gasteiger partial charge in [0.05, 0.1) is 11.5 Å². The highest BCUT2D eigenvalue weighted by atomic mass is 32.2. The molecule has 132 valence electrons. The van der Waals surface area contributed by atoms with Crippen molar-refractivity contribution < 1.29 is 18.0 Å². The standard InChI is InChI=1S/C15H27N3O4S/c1-3-17(4-2)15(20)13-9-12(16)10-18(13)14(19)11-5-7-23(21,22)8-6-11/h11-13H,3-10,16H2,1-2H3/t12-,13-/m0/s1. The summed E-state index contributed by atoms with van der Waals surface area (Å²) in [7, 11) is -3.01. The van der Waals surface area contributed by atoms with E-state index in [2.05, 4.69) is 0 Å². The van der Waals surface area contributed by atoms with Gasteiger partial charge in [0.15, 0.2) is 0 Å². The highest BCUT2D eigenvalue weighted by Gasteiger charge is 2.42. The minimum absolute atomic E-state index is 0.0535. The third kappa shape index (κ3) is 4.03. The number of hydrogen-bond acceptors (Lipinski definition) is 5. The van der Waals surface area contributed by atoms with Crippen molar-refractivity contribution in [2.75, 3.05) is 31.1 Å². The summed E-state index contributed by atoms with van der Waals surface area (Å²) in [5.74, 6) is -0.371. The Bertz CT molecular complexity index is 545. The average Bonchev–Trinajstić information content (AvgIpc) is 2.89. The quantitative estimate of drug-likeness (QED) is 0.748. The van der Waals surface area contributed by atoms with E-state index in [0.717, 1.165) is 0 Å². The van der Waals surface area contributed by atoms with Crippen LogP contribution in [0.2, 0.25) is 0 Å². The Labute approximate surface area is 138 Å². The predicted molar refractivity (Wildman–Crippen MR) is 87.4 cm³/mol. The summed E-state index contributed by atoms with van der Waals surface area (Å²) in [6.45, 7) is 5.40. The van der Waals surface area contributed by atoms with E-state index in [1.807, 2.05) is 13.8 Å². The van der Waals surface area contributed by atoms with E-state index >= 15 is 0 Å². The Hall–Kier alpha value is -1.15. The molecule has 0 radical (unpaired) electrons. The molecule has 0 saturated carbocycles. The Kier molecular flexibility index (Phi) is 5.67. The van der Waals surface area contributed by atoms with Crippen molar-refractivity contribution in [1.82, 2.24) is 9.80 Å². The zero-order valence-electron chi connectivity index (χ0n) is 13.9. The molecule has 2 aliphatic rings. The highest BCUT2D eigenvalue weighted by Crippen LogP contribution is 2.26. The zero-order chi connectivity index (χ0) is 17.2. The molecule has 2 amide bonds. The number of rotatable bonds is 4. The van der Waals surface area contributed by atoms with Crippen LogP contribution in [0.5, 0.6) is 0 Å². The van der Waals surface area contributed by atoms with Gasteiger partial charge in [-0.15, -0.1) is 0 Å². The minimum atomic E-state index is -3.01. The molecule has 2 atom stereocenters. The van der Waals surface area contributed by atoms with Crippen LogP contribution in [0, 0.1) is 5.92 Å². The van der Waals surface area contributed by atoms with Crippen LogP contribution in [-0.4, -0.2) is 73.3 Å². The molecule has 7 nitrogen and oxygen atoms in total. The number of hydrogen-bond donors (Lipinski definition) is 1. The fraction of sp³-hybridized carbons (Fsp3) is 0.867. The number of amides is 2. The summed E-state index contributed by atoms with van der Waals surface area (Å²) >= 11 is 0. The summed E-state index contributed by atoms with van der Waals surface area (Å²) in [4.78, 5) is 28.7. The van der Waals surface area contributed by atoms with Gasteiger partial charge in [-0.05, 0) is 33.1 Å². The molecule has 23 heavy (non-hydrogen) atoms. The fourth-order valence-corrected chi connectivity index (χ4v) is 4.96. The largest absolute Gasteiger partial charge is 0.341 e. The van der Waals surface area contributed by atoms with Crippen LogP contribution in [0.1, 0.15) is 33.1 Å². The topological polar surface area (TPSA) is 101 Å². The van der Waals surface area contributed by atoms with Gasteiger partial charge in [0.1, 0.15) is 15.9 Å². The van der Waals surface area contributed by atoms with E-state index in [1.165, 1.54) is 0 Å². The first-order chi connectivity index (χ1) is 10.8. The zero-order valence-corrected chi connectivity index (χ0v) is 14.7. The number of nitrogens with two attached hydrogens (primary N) is 1. The monoisotopic (exact) mass is 345 g/mol. The molecular weight excluding hydrogens is 318 g/mol. The summed E-state index contributed by atoms with van der Waals surface area (Å²) in [5, 5.41) is 0. The molecule has 0 bridgehead atoms. The van der Waals surface area contributed by atoms with E-state index in [9.17, 15) is 18.0 Å². The first-order valence-corrected chi connectivity index (χ1v) is 10.2. The summed E-state index contributed by atoms with van der Waals surface area (Å²) in [5.41, 5.74) is 5.99. The second kappa shape index (κ2) is 7.17. The highest BCUT2D eigenvalue weighted by molar-refractivity contribution is 7.91. The number of nitrogens with zero attached hydrogens (tertiary/aromatic N) is 2. The minimum Gasteiger partial charge on any atom is -0.341 e. The van der Waals surface area contributed by atoms with Crippen molar-refractivity contribution in [3.63, 3.8) is 0 Å². The van der Waals surface area contributed by atoms with Crippen LogP contribution in [-0.2, 0) is 19.4 Å². The van der Waals surface area contributed by atoms with Gasteiger partial charge in [0, 0.05) is 31.6 Å². The SMILES string of the molecule is CCN(CC)C(=O)[C@@H]1C[C@H](N)CN1C(=O)C1CCS(=O)(=O)CC1. The van der Waals surface area contributed by atoms with Gasteiger partial charge in [-0.2, -0.15) is 0 Å². The van der Waals surface area contributed by atoms with E-state index in [4.69, 9.17) is 5.73 Å². The predicted octanol–water partition coefficient (Wildman–Crippen LogP) is -0.392. The molecule has 2 saturated heterocycles. The molecule has 0 unspecified atom stereocenters. The van der Waals surface area contributed by atoms with Crippen molar-refractivity contribution in [3.05, 3.63) is 0 Å². The van der Waals surface area contributed by atoms with Crippen LogP contribution in [0.15, 0.2) is 0 Å². The van der Waals surface area contributed by atoms with Crippen LogP contribution < -0.4 is 5.73 Å². The molecule has 2 rings (SSSR count). The Morgan fingerprint density at radius 3 is 2.26 bits per heavy atom. The van der Waals surface area contributed by atoms with Crippen LogP contribution >= 0.6 is 0 Å². The molecule has 2 heterocycles. The third-order valence-electron chi connectivity index (χ3n) is 4.88. The Balaban J connectivity index is 2.10. The molecule has 0 spiro atoms. The second-order valence-corrected chi connectivity index (χ2v) is 8.74. The van der Waals surface area contributed by atoms with Gasteiger partial charge in [0.25, 0.3) is 0 Å². The number of carbonyl (C=O) groups excluding carboxylic acids is 2. The van der Waals surface area contributed by atoms with Gasteiger partial charge in [-0.25, -0.2) is 8.42 Å². The second-order valence-electron chi connectivity index (χ2n) is 6.44. The summed E-state index contributed by atoms with van der Waals surface area (Å²) in [6, 6.07) is -0.702. The van der Waals surface area contributed by atoms with E-state index < -0.39 is 15.9 Å². The smallest absolute Gasteiger partial charge is 0.245 e. The Morgan fingerprint density at radius 1 is 1.17 bits per heavy atom. The maximum Gasteiger partial charge on any atom is 0.245 e. The molecule has 0 aliphatic carbocycles.